The minimum atomic E-state index is -0.824. The number of ether oxygens (including phenoxy) is 1. The zero-order valence-electron chi connectivity index (χ0n) is 15.3. The van der Waals surface area contributed by atoms with Crippen molar-refractivity contribution in [1.29, 1.82) is 5.26 Å². The Morgan fingerprint density at radius 1 is 1.24 bits per heavy atom. The highest BCUT2D eigenvalue weighted by Crippen LogP contribution is 2.37. The van der Waals surface area contributed by atoms with Gasteiger partial charge in [-0.1, -0.05) is 18.2 Å². The Balaban J connectivity index is 0.00000256. The van der Waals surface area contributed by atoms with Crippen molar-refractivity contribution in [2.24, 2.45) is 5.73 Å². The first-order valence-corrected chi connectivity index (χ1v) is 8.95. The van der Waals surface area contributed by atoms with Gasteiger partial charge in [0.25, 0.3) is 5.91 Å². The maximum absolute atomic E-state index is 14.8. The van der Waals surface area contributed by atoms with Crippen molar-refractivity contribution in [3.05, 3.63) is 59.3 Å². The van der Waals surface area contributed by atoms with E-state index < -0.39 is 17.5 Å². The van der Waals surface area contributed by atoms with Gasteiger partial charge in [0.05, 0.1) is 35.5 Å². The third kappa shape index (κ3) is 3.26. The lowest BCUT2D eigenvalue weighted by Gasteiger charge is -2.31. The number of benzene rings is 2. The fraction of sp³-hybridized carbons (Fsp3) is 0.190. The van der Waals surface area contributed by atoms with Gasteiger partial charge in [-0.15, -0.1) is 0 Å². The number of para-hydroxylation sites is 1. The van der Waals surface area contributed by atoms with Gasteiger partial charge in [-0.05, 0) is 12.1 Å². The molecule has 1 fully saturated rings. The molecule has 0 saturated carbocycles. The van der Waals surface area contributed by atoms with E-state index in [0.717, 1.165) is 12.1 Å². The monoisotopic (exact) mass is 396 g/mol. The summed E-state index contributed by atoms with van der Waals surface area (Å²) in [5, 5.41) is 9.68. The molecule has 2 N–H and O–H groups in total. The van der Waals surface area contributed by atoms with Crippen molar-refractivity contribution in [2.45, 2.75) is 0 Å². The molecular weight excluding hydrogens is 378 g/mol. The maximum Gasteiger partial charge on any atom is 0.252 e. The number of aromatic nitrogens is 1. The molecule has 0 bridgehead atoms. The van der Waals surface area contributed by atoms with Gasteiger partial charge >= 0.3 is 0 Å². The molecule has 0 atom stereocenters. The zero-order valence-corrected chi connectivity index (χ0v) is 15.3. The smallest absolute Gasteiger partial charge is 0.252 e. The fourth-order valence-corrected chi connectivity index (χ4v) is 3.60. The number of nitriles is 1. The number of morpholine rings is 1. The summed E-state index contributed by atoms with van der Waals surface area (Å²) in [5.41, 5.74) is 6.64. The number of hydrogen-bond donors (Lipinski definition) is 1. The molecule has 1 saturated heterocycles. The maximum atomic E-state index is 14.8. The number of carbonyl (C=O) groups is 1. The van der Waals surface area contributed by atoms with E-state index in [2.05, 4.69) is 4.98 Å². The van der Waals surface area contributed by atoms with E-state index in [0.29, 0.717) is 48.5 Å². The topological polar surface area (TPSA) is 92.2 Å². The molecule has 0 unspecified atom stereocenters. The summed E-state index contributed by atoms with van der Waals surface area (Å²) < 4.78 is 34.2. The molecule has 6 nitrogen and oxygen atoms in total. The lowest BCUT2D eigenvalue weighted by atomic mass is 9.97. The van der Waals surface area contributed by atoms with E-state index >= 15 is 0 Å². The van der Waals surface area contributed by atoms with Gasteiger partial charge < -0.3 is 15.4 Å². The van der Waals surface area contributed by atoms with E-state index in [-0.39, 0.29) is 18.1 Å². The summed E-state index contributed by atoms with van der Waals surface area (Å²) in [6.45, 7) is 2.09. The molecule has 1 aromatic heterocycles. The summed E-state index contributed by atoms with van der Waals surface area (Å²) in [6.07, 6.45) is 1.35. The number of amides is 1. The van der Waals surface area contributed by atoms with Crippen LogP contribution in [0.4, 0.5) is 14.5 Å². The number of anilines is 1. The van der Waals surface area contributed by atoms with Crippen molar-refractivity contribution in [3.63, 3.8) is 0 Å². The summed E-state index contributed by atoms with van der Waals surface area (Å²) in [5.74, 6) is -2.18. The molecule has 0 spiro atoms. The van der Waals surface area contributed by atoms with Gasteiger partial charge in [0.1, 0.15) is 17.7 Å². The first kappa shape index (κ1) is 18.8. The molecule has 1 aliphatic rings. The van der Waals surface area contributed by atoms with Crippen LogP contribution < -0.4 is 10.6 Å². The third-order valence-corrected chi connectivity index (χ3v) is 4.91. The van der Waals surface area contributed by atoms with Crippen LogP contribution in [0.2, 0.25) is 0 Å². The van der Waals surface area contributed by atoms with Crippen molar-refractivity contribution in [3.8, 4) is 17.2 Å². The van der Waals surface area contributed by atoms with Gasteiger partial charge in [0.2, 0.25) is 0 Å². The van der Waals surface area contributed by atoms with Crippen molar-refractivity contribution < 1.29 is 19.7 Å². The Bertz CT molecular complexity index is 1170. The van der Waals surface area contributed by atoms with Crippen LogP contribution in [0.25, 0.3) is 22.0 Å². The average Bonchev–Trinajstić information content (AvgIpc) is 2.74. The molecular formula is C21H18F2N4O2. The summed E-state index contributed by atoms with van der Waals surface area (Å²) >= 11 is 0. The van der Waals surface area contributed by atoms with E-state index in [4.69, 9.17) is 15.7 Å². The normalized spacial score (nSPS) is 14.0. The molecule has 3 aromatic rings. The van der Waals surface area contributed by atoms with Crippen LogP contribution >= 0.6 is 0 Å². The summed E-state index contributed by atoms with van der Waals surface area (Å²) in [7, 11) is 0. The lowest BCUT2D eigenvalue weighted by Crippen LogP contribution is -2.37. The van der Waals surface area contributed by atoms with Crippen LogP contribution in [0.3, 0.4) is 0 Å². The van der Waals surface area contributed by atoms with Gasteiger partial charge in [0, 0.05) is 37.2 Å². The lowest BCUT2D eigenvalue weighted by molar-refractivity contribution is 0.0998. The van der Waals surface area contributed by atoms with E-state index in [1.165, 1.54) is 6.20 Å². The number of rotatable bonds is 3. The molecule has 1 amide bonds. The largest absolute Gasteiger partial charge is 0.378 e. The van der Waals surface area contributed by atoms with Crippen LogP contribution in [0, 0.1) is 23.0 Å². The number of nitrogens with two attached hydrogens (primary N) is 1. The number of carbonyl (C=O) groups excluding carboxylic acids is 1. The van der Waals surface area contributed by atoms with Gasteiger partial charge in [-0.3, -0.25) is 9.78 Å². The van der Waals surface area contributed by atoms with Crippen LogP contribution in [0.1, 0.15) is 17.3 Å². The van der Waals surface area contributed by atoms with Crippen molar-refractivity contribution in [2.75, 3.05) is 31.2 Å². The molecule has 4 rings (SSSR count). The number of nitrogens with zero attached hydrogens (tertiary/aromatic N) is 3. The second-order valence-electron chi connectivity index (χ2n) is 6.61. The first-order chi connectivity index (χ1) is 14.0. The number of pyridine rings is 1. The molecule has 8 heteroatoms. The Morgan fingerprint density at radius 2 is 2.00 bits per heavy atom. The standard InChI is InChI=1S/C21H16F2N4O2.H2/c22-13-8-12(10-24)18(23)16(9-13)14-2-1-3-15-19(14)26-11-17(21(25)28)20(15)27-4-6-29-7-5-27;/h1-3,8-9,11H,4-7H2,(H2,25,28);1H. The molecule has 1 aliphatic heterocycles. The number of primary amides is 1. The van der Waals surface area contributed by atoms with Crippen LogP contribution in [-0.4, -0.2) is 37.2 Å². The molecule has 29 heavy (non-hydrogen) atoms. The van der Waals surface area contributed by atoms with E-state index in [1.807, 2.05) is 4.90 Å². The Hall–Kier alpha value is -3.57. The second-order valence-corrected chi connectivity index (χ2v) is 6.61. The van der Waals surface area contributed by atoms with Gasteiger partial charge in [0.15, 0.2) is 0 Å². The average molecular weight is 396 g/mol. The Labute approximate surface area is 166 Å². The summed E-state index contributed by atoms with van der Waals surface area (Å²) in [6, 6.07) is 8.57. The predicted octanol–water partition coefficient (Wildman–Crippen LogP) is 3.23. The van der Waals surface area contributed by atoms with Gasteiger partial charge in [-0.25, -0.2) is 8.78 Å². The van der Waals surface area contributed by atoms with Crippen LogP contribution in [0.5, 0.6) is 0 Å². The van der Waals surface area contributed by atoms with Crippen LogP contribution in [0.15, 0.2) is 36.5 Å². The molecule has 2 heterocycles. The Kier molecular flexibility index (Phi) is 4.82. The van der Waals surface area contributed by atoms with E-state index in [9.17, 15) is 13.6 Å². The molecule has 0 aliphatic carbocycles. The van der Waals surface area contributed by atoms with Gasteiger partial charge in [-0.2, -0.15) is 5.26 Å². The zero-order chi connectivity index (χ0) is 20.5. The predicted molar refractivity (Wildman–Crippen MR) is 105 cm³/mol. The second kappa shape index (κ2) is 7.45. The molecule has 2 aromatic carbocycles. The third-order valence-electron chi connectivity index (χ3n) is 4.91. The highest BCUT2D eigenvalue weighted by atomic mass is 19.1. The number of hydrogen-bond acceptors (Lipinski definition) is 5. The van der Waals surface area contributed by atoms with Crippen LogP contribution in [-0.2, 0) is 4.74 Å². The minimum Gasteiger partial charge on any atom is -0.378 e. The first-order valence-electron chi connectivity index (χ1n) is 8.95. The fourth-order valence-electron chi connectivity index (χ4n) is 3.60. The Morgan fingerprint density at radius 3 is 2.69 bits per heavy atom. The number of fused-ring (bicyclic) bond motifs is 1. The highest BCUT2D eigenvalue weighted by Gasteiger charge is 2.23. The highest BCUT2D eigenvalue weighted by molar-refractivity contribution is 6.09. The minimum absolute atomic E-state index is 0. The molecule has 0 radical (unpaired) electrons. The SMILES string of the molecule is N#Cc1cc(F)cc(-c2cccc3c(N4CCOCC4)c(C(N)=O)cnc23)c1F.[HH]. The van der Waals surface area contributed by atoms with Crippen molar-refractivity contribution >= 4 is 22.5 Å². The molecule has 148 valence electrons. The number of halogens is 2. The van der Waals surface area contributed by atoms with E-state index in [1.54, 1.807) is 24.3 Å². The quantitative estimate of drug-likeness (QED) is 0.734. The summed E-state index contributed by atoms with van der Waals surface area (Å²) in [4.78, 5) is 18.3. The van der Waals surface area contributed by atoms with Crippen molar-refractivity contribution in [1.82, 2.24) is 4.98 Å².